The van der Waals surface area contributed by atoms with E-state index < -0.39 is 11.7 Å². The third kappa shape index (κ3) is 2.73. The van der Waals surface area contributed by atoms with E-state index in [1.165, 1.54) is 13.2 Å². The highest BCUT2D eigenvalue weighted by Crippen LogP contribution is 2.36. The molecule has 1 aromatic heterocycles. The molecule has 1 N–H and O–H groups in total. The Morgan fingerprint density at radius 1 is 1.17 bits per heavy atom. The van der Waals surface area contributed by atoms with E-state index in [1.54, 1.807) is 18.2 Å². The van der Waals surface area contributed by atoms with Gasteiger partial charge in [0.05, 0.1) is 23.4 Å². The van der Waals surface area contributed by atoms with Gasteiger partial charge in [0.25, 0.3) is 0 Å². The highest BCUT2D eigenvalue weighted by atomic mass is 35.5. The monoisotopic (exact) mass is 353 g/mol. The molecular formula is C17H11ClF3NO2. The predicted molar refractivity (Wildman–Crippen MR) is 85.7 cm³/mol. The number of benzene rings is 2. The minimum atomic E-state index is -4.48. The Bertz CT molecular complexity index is 931. The van der Waals surface area contributed by atoms with Crippen LogP contribution in [0.25, 0.3) is 22.2 Å². The molecule has 0 fully saturated rings. The van der Waals surface area contributed by atoms with Gasteiger partial charge in [-0.25, -0.2) is 0 Å². The molecule has 7 heteroatoms. The summed E-state index contributed by atoms with van der Waals surface area (Å²) >= 11 is 6.08. The van der Waals surface area contributed by atoms with Crippen LogP contribution >= 0.6 is 11.6 Å². The molecule has 0 saturated heterocycles. The minimum absolute atomic E-state index is 0.150. The smallest absolute Gasteiger partial charge is 0.416 e. The molecule has 0 spiro atoms. The maximum Gasteiger partial charge on any atom is 0.416 e. The Kier molecular flexibility index (Phi) is 4.01. The second-order valence-corrected chi connectivity index (χ2v) is 5.55. The molecule has 3 rings (SSSR count). The van der Waals surface area contributed by atoms with Gasteiger partial charge in [-0.3, -0.25) is 4.79 Å². The maximum absolute atomic E-state index is 12.9. The summed E-state index contributed by atoms with van der Waals surface area (Å²) in [5.74, 6) is 0.462. The summed E-state index contributed by atoms with van der Waals surface area (Å²) in [6.45, 7) is 0. The average molecular weight is 354 g/mol. The molecule has 0 bridgehead atoms. The highest BCUT2D eigenvalue weighted by molar-refractivity contribution is 6.32. The van der Waals surface area contributed by atoms with E-state index in [-0.39, 0.29) is 10.9 Å². The molecule has 0 aliphatic carbocycles. The quantitative estimate of drug-likeness (QED) is 0.647. The van der Waals surface area contributed by atoms with Crippen LogP contribution in [0.2, 0.25) is 5.02 Å². The van der Waals surface area contributed by atoms with Gasteiger partial charge in [-0.2, -0.15) is 13.2 Å². The van der Waals surface area contributed by atoms with Crippen molar-refractivity contribution in [1.29, 1.82) is 0 Å². The molecule has 3 aromatic rings. The highest BCUT2D eigenvalue weighted by Gasteiger charge is 2.31. The van der Waals surface area contributed by atoms with Crippen LogP contribution in [-0.2, 0) is 6.18 Å². The number of aldehydes is 1. The number of carbonyl (C=O) groups excluding carboxylic acids is 1. The molecule has 3 nitrogen and oxygen atoms in total. The molecule has 0 amide bonds. The summed E-state index contributed by atoms with van der Waals surface area (Å²) in [7, 11) is 1.47. The number of ether oxygens (including phenoxy) is 1. The van der Waals surface area contributed by atoms with Crippen LogP contribution in [-0.4, -0.2) is 18.4 Å². The first-order valence-corrected chi connectivity index (χ1v) is 7.25. The van der Waals surface area contributed by atoms with Crippen molar-refractivity contribution in [2.75, 3.05) is 7.11 Å². The molecule has 2 aromatic carbocycles. The van der Waals surface area contributed by atoms with Crippen LogP contribution in [0.3, 0.4) is 0 Å². The predicted octanol–water partition coefficient (Wildman–Crippen LogP) is 5.33. The van der Waals surface area contributed by atoms with E-state index in [2.05, 4.69) is 4.98 Å². The zero-order valence-electron chi connectivity index (χ0n) is 12.4. The number of rotatable bonds is 3. The Morgan fingerprint density at radius 2 is 1.92 bits per heavy atom. The Balaban J connectivity index is 2.22. The molecule has 0 aliphatic heterocycles. The van der Waals surface area contributed by atoms with Crippen molar-refractivity contribution < 1.29 is 22.7 Å². The van der Waals surface area contributed by atoms with Crippen molar-refractivity contribution in [3.05, 3.63) is 52.5 Å². The summed E-state index contributed by atoms with van der Waals surface area (Å²) < 4.78 is 43.7. The van der Waals surface area contributed by atoms with E-state index in [0.29, 0.717) is 33.8 Å². The van der Waals surface area contributed by atoms with E-state index in [9.17, 15) is 18.0 Å². The van der Waals surface area contributed by atoms with Gasteiger partial charge in [0.1, 0.15) is 5.75 Å². The molecule has 1 heterocycles. The van der Waals surface area contributed by atoms with Crippen LogP contribution in [0.4, 0.5) is 13.2 Å². The Morgan fingerprint density at radius 3 is 2.50 bits per heavy atom. The molecule has 0 radical (unpaired) electrons. The number of hydrogen-bond acceptors (Lipinski definition) is 2. The van der Waals surface area contributed by atoms with E-state index in [4.69, 9.17) is 16.3 Å². The lowest BCUT2D eigenvalue weighted by Crippen LogP contribution is -2.04. The summed E-state index contributed by atoms with van der Waals surface area (Å²) in [5, 5.41) is 0.545. The number of alkyl halides is 3. The van der Waals surface area contributed by atoms with E-state index in [1.807, 2.05) is 0 Å². The lowest BCUT2D eigenvalue weighted by Gasteiger charge is -2.06. The first-order chi connectivity index (χ1) is 11.3. The van der Waals surface area contributed by atoms with E-state index in [0.717, 1.165) is 12.1 Å². The van der Waals surface area contributed by atoms with Gasteiger partial charge in [0.15, 0.2) is 6.29 Å². The average Bonchev–Trinajstić information content (AvgIpc) is 2.91. The number of halogens is 4. The van der Waals surface area contributed by atoms with Crippen LogP contribution in [0.5, 0.6) is 5.75 Å². The van der Waals surface area contributed by atoms with Crippen LogP contribution < -0.4 is 4.74 Å². The summed E-state index contributed by atoms with van der Waals surface area (Å²) in [6.07, 6.45) is -3.94. The van der Waals surface area contributed by atoms with Crippen molar-refractivity contribution in [3.63, 3.8) is 0 Å². The fourth-order valence-corrected chi connectivity index (χ4v) is 2.82. The molecule has 124 valence electrons. The molecule has 0 unspecified atom stereocenters. The second-order valence-electron chi connectivity index (χ2n) is 5.14. The first kappa shape index (κ1) is 16.4. The van der Waals surface area contributed by atoms with Crippen molar-refractivity contribution >= 4 is 28.8 Å². The zero-order valence-corrected chi connectivity index (χ0v) is 13.1. The summed E-state index contributed by atoms with van der Waals surface area (Å²) in [4.78, 5) is 14.5. The number of fused-ring (bicyclic) bond motifs is 1. The number of aromatic nitrogens is 1. The Labute approximate surface area is 140 Å². The second kappa shape index (κ2) is 5.87. The van der Waals surface area contributed by atoms with Gasteiger partial charge in [0, 0.05) is 22.0 Å². The van der Waals surface area contributed by atoms with Gasteiger partial charge < -0.3 is 9.72 Å². The van der Waals surface area contributed by atoms with E-state index >= 15 is 0 Å². The molecule has 0 aliphatic rings. The zero-order chi connectivity index (χ0) is 17.5. The third-order valence-electron chi connectivity index (χ3n) is 3.72. The van der Waals surface area contributed by atoms with Crippen molar-refractivity contribution in [1.82, 2.24) is 4.98 Å². The largest absolute Gasteiger partial charge is 0.495 e. The fourth-order valence-electron chi connectivity index (χ4n) is 2.56. The number of methoxy groups -OCH3 is 1. The minimum Gasteiger partial charge on any atom is -0.495 e. The molecule has 0 atom stereocenters. The van der Waals surface area contributed by atoms with Gasteiger partial charge >= 0.3 is 6.18 Å². The van der Waals surface area contributed by atoms with Crippen LogP contribution in [0.1, 0.15) is 15.9 Å². The van der Waals surface area contributed by atoms with Crippen LogP contribution in [0, 0.1) is 0 Å². The maximum atomic E-state index is 12.9. The topological polar surface area (TPSA) is 42.1 Å². The van der Waals surface area contributed by atoms with Gasteiger partial charge in [-0.15, -0.1) is 0 Å². The first-order valence-electron chi connectivity index (χ1n) is 6.87. The van der Waals surface area contributed by atoms with Crippen molar-refractivity contribution in [2.24, 2.45) is 0 Å². The van der Waals surface area contributed by atoms with Gasteiger partial charge in [0.2, 0.25) is 0 Å². The number of carbonyl (C=O) groups is 1. The number of H-pyrrole nitrogens is 1. The molecular weight excluding hydrogens is 343 g/mol. The summed E-state index contributed by atoms with van der Waals surface area (Å²) in [5.41, 5.74) is 0.761. The van der Waals surface area contributed by atoms with Gasteiger partial charge in [-0.05, 0) is 36.4 Å². The van der Waals surface area contributed by atoms with Gasteiger partial charge in [-0.1, -0.05) is 11.6 Å². The lowest BCUT2D eigenvalue weighted by atomic mass is 10.0. The summed E-state index contributed by atoms with van der Waals surface area (Å²) in [6, 6.07) is 8.12. The number of nitrogens with one attached hydrogen (secondary N) is 1. The molecule has 24 heavy (non-hydrogen) atoms. The fraction of sp³-hybridized carbons (Fsp3) is 0.118. The third-order valence-corrected chi connectivity index (χ3v) is 4.02. The normalized spacial score (nSPS) is 11.7. The SMILES string of the molecule is COc1ccc(-c2[nH]c3ccc(C(F)(F)F)cc3c2C=O)cc1Cl. The Hall–Kier alpha value is -2.47. The number of hydrogen-bond donors (Lipinski definition) is 1. The molecule has 0 saturated carbocycles. The van der Waals surface area contributed by atoms with Crippen molar-refractivity contribution in [2.45, 2.75) is 6.18 Å². The number of aromatic amines is 1. The lowest BCUT2D eigenvalue weighted by molar-refractivity contribution is -0.137. The van der Waals surface area contributed by atoms with Crippen molar-refractivity contribution in [3.8, 4) is 17.0 Å². The van der Waals surface area contributed by atoms with Crippen LogP contribution in [0.15, 0.2) is 36.4 Å². The standard InChI is InChI=1S/C17H11ClF3NO2/c1-24-15-5-2-9(6-13(15)18)16-12(8-23)11-7-10(17(19,20)21)3-4-14(11)22-16/h2-8,22H,1H3.